The number of alkyl halides is 3. The van der Waals surface area contributed by atoms with E-state index in [1.54, 1.807) is 0 Å². The Morgan fingerprint density at radius 1 is 1.44 bits per heavy atom. The zero-order valence-corrected chi connectivity index (χ0v) is 10.5. The van der Waals surface area contributed by atoms with Gasteiger partial charge < -0.3 is 9.84 Å². The van der Waals surface area contributed by atoms with Crippen molar-refractivity contribution < 1.29 is 23.0 Å². The van der Waals surface area contributed by atoms with Gasteiger partial charge in [0.2, 0.25) is 0 Å². The van der Waals surface area contributed by atoms with Crippen molar-refractivity contribution in [2.75, 3.05) is 19.8 Å². The molecule has 0 aliphatic carbocycles. The molecule has 0 aromatic heterocycles. The van der Waals surface area contributed by atoms with E-state index in [1.807, 2.05) is 0 Å². The van der Waals surface area contributed by atoms with Crippen LogP contribution in [0.5, 0.6) is 0 Å². The van der Waals surface area contributed by atoms with Crippen molar-refractivity contribution >= 4 is 0 Å². The molecule has 2 fully saturated rings. The zero-order valence-electron chi connectivity index (χ0n) is 10.5. The van der Waals surface area contributed by atoms with Crippen LogP contribution in [0.3, 0.4) is 0 Å². The normalized spacial score (nSPS) is 34.8. The Labute approximate surface area is 105 Å². The third-order valence-corrected chi connectivity index (χ3v) is 4.33. The highest BCUT2D eigenvalue weighted by Crippen LogP contribution is 2.42. The lowest BCUT2D eigenvalue weighted by molar-refractivity contribution is -0.217. The predicted octanol–water partition coefficient (Wildman–Crippen LogP) is 1.94. The molecule has 3 nitrogen and oxygen atoms in total. The van der Waals surface area contributed by atoms with Gasteiger partial charge in [0, 0.05) is 11.6 Å². The van der Waals surface area contributed by atoms with Crippen LogP contribution < -0.4 is 0 Å². The Morgan fingerprint density at radius 3 is 2.78 bits per heavy atom. The molecular weight excluding hydrogens is 247 g/mol. The molecule has 0 saturated carbocycles. The molecule has 0 spiro atoms. The second-order valence-corrected chi connectivity index (χ2v) is 5.39. The first-order valence-corrected chi connectivity index (χ1v) is 6.45. The summed E-state index contributed by atoms with van der Waals surface area (Å²) in [6.45, 7) is 2.09. The molecule has 1 unspecified atom stereocenters. The van der Waals surface area contributed by atoms with E-state index in [9.17, 15) is 18.3 Å². The smallest absolute Gasteiger partial charge is 0.394 e. The van der Waals surface area contributed by atoms with Crippen molar-refractivity contribution in [3.8, 4) is 0 Å². The van der Waals surface area contributed by atoms with Crippen LogP contribution in [0.1, 0.15) is 32.6 Å². The van der Waals surface area contributed by atoms with E-state index in [2.05, 4.69) is 4.90 Å². The zero-order chi connectivity index (χ0) is 13.4. The summed E-state index contributed by atoms with van der Waals surface area (Å²) < 4.78 is 42.0. The monoisotopic (exact) mass is 267 g/mol. The highest BCUT2D eigenvalue weighted by molar-refractivity contribution is 5.04. The van der Waals surface area contributed by atoms with Crippen LogP contribution in [-0.4, -0.2) is 53.6 Å². The van der Waals surface area contributed by atoms with Gasteiger partial charge in [0.05, 0.1) is 13.2 Å². The molecule has 2 rings (SSSR count). The third kappa shape index (κ3) is 2.51. The Morgan fingerprint density at radius 2 is 2.17 bits per heavy atom. The number of hydrogen-bond donors (Lipinski definition) is 1. The molecule has 0 bridgehead atoms. The topological polar surface area (TPSA) is 32.7 Å². The minimum absolute atomic E-state index is 0.0180. The number of nitrogens with zero attached hydrogens (tertiary/aromatic N) is 1. The van der Waals surface area contributed by atoms with Crippen molar-refractivity contribution in [2.45, 2.75) is 56.5 Å². The van der Waals surface area contributed by atoms with Crippen LogP contribution in [0.25, 0.3) is 0 Å². The van der Waals surface area contributed by atoms with E-state index in [0.717, 1.165) is 39.2 Å². The summed E-state index contributed by atoms with van der Waals surface area (Å²) >= 11 is 0. The fourth-order valence-electron chi connectivity index (χ4n) is 3.16. The number of aliphatic hydroxyl groups excluding tert-OH is 1. The lowest BCUT2D eigenvalue weighted by Gasteiger charge is -2.33. The molecule has 0 amide bonds. The van der Waals surface area contributed by atoms with E-state index >= 15 is 0 Å². The van der Waals surface area contributed by atoms with Crippen LogP contribution in [0, 0.1) is 0 Å². The van der Waals surface area contributed by atoms with Gasteiger partial charge in [-0.25, -0.2) is 0 Å². The van der Waals surface area contributed by atoms with Gasteiger partial charge in [-0.05, 0) is 39.2 Å². The predicted molar refractivity (Wildman–Crippen MR) is 60.2 cm³/mol. The van der Waals surface area contributed by atoms with Crippen LogP contribution >= 0.6 is 0 Å². The van der Waals surface area contributed by atoms with Crippen LogP contribution in [0.4, 0.5) is 13.2 Å². The lowest BCUT2D eigenvalue weighted by Crippen LogP contribution is -2.47. The fourth-order valence-corrected chi connectivity index (χ4v) is 3.16. The van der Waals surface area contributed by atoms with Crippen molar-refractivity contribution in [1.29, 1.82) is 0 Å². The Hall–Kier alpha value is -0.330. The molecule has 0 radical (unpaired) electrons. The van der Waals surface area contributed by atoms with Gasteiger partial charge in [0.25, 0.3) is 0 Å². The molecule has 18 heavy (non-hydrogen) atoms. The maximum Gasteiger partial charge on any atom is 0.414 e. The van der Waals surface area contributed by atoms with E-state index in [0.29, 0.717) is 0 Å². The second-order valence-electron chi connectivity index (χ2n) is 5.39. The van der Waals surface area contributed by atoms with Gasteiger partial charge >= 0.3 is 6.18 Å². The summed E-state index contributed by atoms with van der Waals surface area (Å²) in [6.07, 6.45) is -2.40. The summed E-state index contributed by atoms with van der Waals surface area (Å²) in [5.41, 5.74) is -0.185. The van der Waals surface area contributed by atoms with E-state index < -0.39 is 12.3 Å². The standard InChI is InChI=1S/C12H20F3NO2/c1-9(12(13,14)15)18-7-10-3-5-11(8-17)4-2-6-16(10)11/h9-10,17H,2-8H2,1H3/t9?,10-,11-/m0/s1. The highest BCUT2D eigenvalue weighted by atomic mass is 19.4. The van der Waals surface area contributed by atoms with Gasteiger partial charge in [-0.15, -0.1) is 0 Å². The first kappa shape index (κ1) is 14.1. The SMILES string of the molecule is CC(OC[C@@H]1CC[C@]2(CO)CCCN12)C(F)(F)F. The average Bonchev–Trinajstić information content (AvgIpc) is 2.83. The lowest BCUT2D eigenvalue weighted by atomic mass is 9.95. The quantitative estimate of drug-likeness (QED) is 0.845. The van der Waals surface area contributed by atoms with Crippen LogP contribution in [-0.2, 0) is 4.74 Å². The van der Waals surface area contributed by atoms with Crippen LogP contribution in [0.2, 0.25) is 0 Å². The molecule has 2 aliphatic heterocycles. The first-order chi connectivity index (χ1) is 8.39. The summed E-state index contributed by atoms with van der Waals surface area (Å²) in [5, 5.41) is 9.49. The highest BCUT2D eigenvalue weighted by Gasteiger charge is 2.49. The fraction of sp³-hybridized carbons (Fsp3) is 1.00. The summed E-state index contributed by atoms with van der Waals surface area (Å²) in [7, 11) is 0. The molecule has 2 aliphatic rings. The van der Waals surface area contributed by atoms with E-state index in [-0.39, 0.29) is 24.8 Å². The second kappa shape index (κ2) is 4.98. The van der Waals surface area contributed by atoms with Crippen LogP contribution in [0.15, 0.2) is 0 Å². The Kier molecular flexibility index (Phi) is 3.90. The van der Waals surface area contributed by atoms with Crippen molar-refractivity contribution in [1.82, 2.24) is 4.90 Å². The molecule has 6 heteroatoms. The van der Waals surface area contributed by atoms with Gasteiger partial charge in [-0.1, -0.05) is 0 Å². The Bertz CT molecular complexity index is 298. The number of fused-ring (bicyclic) bond motifs is 1. The molecule has 2 heterocycles. The molecular formula is C12H20F3NO2. The van der Waals surface area contributed by atoms with Gasteiger partial charge in [0.15, 0.2) is 6.10 Å². The van der Waals surface area contributed by atoms with Crippen molar-refractivity contribution in [3.05, 3.63) is 0 Å². The van der Waals surface area contributed by atoms with E-state index in [4.69, 9.17) is 4.74 Å². The Balaban J connectivity index is 1.89. The molecule has 2 saturated heterocycles. The third-order valence-electron chi connectivity index (χ3n) is 4.33. The molecule has 106 valence electrons. The summed E-state index contributed by atoms with van der Waals surface area (Å²) in [4.78, 5) is 2.15. The minimum atomic E-state index is -4.29. The van der Waals surface area contributed by atoms with Gasteiger partial charge in [-0.3, -0.25) is 4.90 Å². The van der Waals surface area contributed by atoms with Gasteiger partial charge in [-0.2, -0.15) is 13.2 Å². The largest absolute Gasteiger partial charge is 0.414 e. The van der Waals surface area contributed by atoms with Crippen molar-refractivity contribution in [3.63, 3.8) is 0 Å². The number of aliphatic hydroxyl groups is 1. The minimum Gasteiger partial charge on any atom is -0.394 e. The molecule has 3 atom stereocenters. The molecule has 1 N–H and O–H groups in total. The maximum atomic E-state index is 12.4. The van der Waals surface area contributed by atoms with Crippen molar-refractivity contribution in [2.24, 2.45) is 0 Å². The average molecular weight is 267 g/mol. The maximum absolute atomic E-state index is 12.4. The molecule has 0 aromatic rings. The summed E-state index contributed by atoms with van der Waals surface area (Å²) in [5.74, 6) is 0. The number of hydrogen-bond acceptors (Lipinski definition) is 3. The number of rotatable bonds is 4. The van der Waals surface area contributed by atoms with Gasteiger partial charge in [0.1, 0.15) is 0 Å². The number of halogens is 3. The molecule has 0 aromatic carbocycles. The summed E-state index contributed by atoms with van der Waals surface area (Å²) in [6, 6.07) is 0.0180. The number of ether oxygens (including phenoxy) is 1. The first-order valence-electron chi connectivity index (χ1n) is 6.45. The van der Waals surface area contributed by atoms with E-state index in [1.165, 1.54) is 0 Å².